The second kappa shape index (κ2) is 16.8. The zero-order valence-corrected chi connectivity index (χ0v) is 23.3. The summed E-state index contributed by atoms with van der Waals surface area (Å²) in [6, 6.07) is 11.2. The van der Waals surface area contributed by atoms with Gasteiger partial charge in [-0.3, -0.25) is 0 Å². The summed E-state index contributed by atoms with van der Waals surface area (Å²) in [4.78, 5) is 26.5. The van der Waals surface area contributed by atoms with Crippen molar-refractivity contribution >= 4 is 12.1 Å². The molecule has 0 spiro atoms. The van der Waals surface area contributed by atoms with Crippen molar-refractivity contribution in [2.45, 2.75) is 110 Å². The van der Waals surface area contributed by atoms with Gasteiger partial charge in [-0.1, -0.05) is 102 Å². The van der Waals surface area contributed by atoms with E-state index in [0.29, 0.717) is 19.7 Å². The second-order valence-corrected chi connectivity index (χ2v) is 10.2. The number of carbonyl (C=O) groups is 2. The van der Waals surface area contributed by atoms with E-state index in [4.69, 9.17) is 18.6 Å². The number of ether oxygens (including phenoxy) is 3. The van der Waals surface area contributed by atoms with Crippen LogP contribution in [0.4, 0.5) is 4.79 Å². The SMILES string of the molecule is CCCCCCCCCCCCCCOc1ccc(C(=O)OC(C)OC(=O)N2CCc3ccccc3C2)o1. The molecule has 38 heavy (non-hydrogen) atoms. The highest BCUT2D eigenvalue weighted by Gasteiger charge is 2.25. The second-order valence-electron chi connectivity index (χ2n) is 10.2. The zero-order valence-electron chi connectivity index (χ0n) is 23.3. The number of nitrogens with zero attached hydrogens (tertiary/aromatic N) is 1. The van der Waals surface area contributed by atoms with Crippen LogP contribution in [0.25, 0.3) is 0 Å². The predicted octanol–water partition coefficient (Wildman–Crippen LogP) is 8.06. The first-order chi connectivity index (χ1) is 18.6. The molecule has 0 fully saturated rings. The van der Waals surface area contributed by atoms with Crippen molar-refractivity contribution in [3.63, 3.8) is 0 Å². The number of unbranched alkanes of at least 4 members (excludes halogenated alkanes) is 11. The molecule has 7 heteroatoms. The number of benzene rings is 1. The Labute approximate surface area is 227 Å². The summed E-state index contributed by atoms with van der Waals surface area (Å²) in [6.07, 6.45) is 14.7. The van der Waals surface area contributed by atoms with Gasteiger partial charge in [-0.2, -0.15) is 0 Å². The molecule has 1 unspecified atom stereocenters. The molecule has 2 heterocycles. The number of furan rings is 1. The van der Waals surface area contributed by atoms with E-state index in [1.54, 1.807) is 11.0 Å². The zero-order chi connectivity index (χ0) is 27.0. The predicted molar refractivity (Wildman–Crippen MR) is 147 cm³/mol. The van der Waals surface area contributed by atoms with E-state index < -0.39 is 18.4 Å². The van der Waals surface area contributed by atoms with Crippen LogP contribution in [0.15, 0.2) is 40.8 Å². The van der Waals surface area contributed by atoms with Crippen LogP contribution in [0.3, 0.4) is 0 Å². The molecule has 7 nitrogen and oxygen atoms in total. The average Bonchev–Trinajstić information content (AvgIpc) is 3.40. The molecule has 210 valence electrons. The minimum atomic E-state index is -1.04. The fraction of sp³-hybridized carbons (Fsp3) is 0.613. The number of carbonyl (C=O) groups excluding carboxylic acids is 2. The smallest absolute Gasteiger partial charge is 0.413 e. The lowest BCUT2D eigenvalue weighted by Gasteiger charge is -2.29. The largest absolute Gasteiger partial charge is 0.465 e. The van der Waals surface area contributed by atoms with E-state index in [0.717, 1.165) is 24.8 Å². The van der Waals surface area contributed by atoms with Crippen molar-refractivity contribution < 1.29 is 28.2 Å². The fourth-order valence-electron chi connectivity index (χ4n) is 4.72. The maximum Gasteiger partial charge on any atom is 0.413 e. The lowest BCUT2D eigenvalue weighted by molar-refractivity contribution is -0.0718. The van der Waals surface area contributed by atoms with Crippen molar-refractivity contribution in [2.75, 3.05) is 13.2 Å². The molecule has 0 aliphatic carbocycles. The number of hydrogen-bond acceptors (Lipinski definition) is 6. The maximum absolute atomic E-state index is 12.5. The summed E-state index contributed by atoms with van der Waals surface area (Å²) in [5, 5.41) is 0. The molecule has 0 radical (unpaired) electrons. The molecule has 0 saturated heterocycles. The van der Waals surface area contributed by atoms with E-state index in [1.165, 1.54) is 82.8 Å². The van der Waals surface area contributed by atoms with E-state index in [1.807, 2.05) is 18.2 Å². The van der Waals surface area contributed by atoms with Gasteiger partial charge < -0.3 is 23.5 Å². The third-order valence-corrected chi connectivity index (χ3v) is 6.95. The van der Waals surface area contributed by atoms with Gasteiger partial charge in [-0.05, 0) is 30.0 Å². The molecule has 1 aromatic carbocycles. The van der Waals surface area contributed by atoms with Crippen molar-refractivity contribution in [3.8, 4) is 5.95 Å². The van der Waals surface area contributed by atoms with E-state index in [-0.39, 0.29) is 11.7 Å². The number of hydrogen-bond donors (Lipinski definition) is 0. The van der Waals surface area contributed by atoms with Crippen LogP contribution in [0.5, 0.6) is 5.95 Å². The number of amides is 1. The Kier molecular flexibility index (Phi) is 13.1. The molecular formula is C31H45NO6. The molecule has 0 bridgehead atoms. The van der Waals surface area contributed by atoms with Gasteiger partial charge in [0.15, 0.2) is 0 Å². The minimum Gasteiger partial charge on any atom is -0.465 e. The summed E-state index contributed by atoms with van der Waals surface area (Å²) in [6.45, 7) is 5.36. The average molecular weight is 528 g/mol. The molecule has 1 aromatic heterocycles. The van der Waals surface area contributed by atoms with Gasteiger partial charge in [0.2, 0.25) is 12.1 Å². The molecule has 3 rings (SSSR count). The lowest BCUT2D eigenvalue weighted by Crippen LogP contribution is -2.38. The Bertz CT molecular complexity index is 971. The standard InChI is InChI=1S/C31H45NO6/c1-3-4-5-6-7-8-9-10-11-12-13-16-23-35-29-20-19-28(38-29)30(33)36-25(2)37-31(34)32-22-21-26-17-14-15-18-27(26)24-32/h14-15,17-20,25H,3-13,16,21-24H2,1-2H3. The third kappa shape index (κ3) is 10.4. The Hall–Kier alpha value is -2.96. The van der Waals surface area contributed by atoms with Crippen LogP contribution >= 0.6 is 0 Å². The molecule has 0 N–H and O–H groups in total. The highest BCUT2D eigenvalue weighted by atomic mass is 16.7. The van der Waals surface area contributed by atoms with Gasteiger partial charge in [0, 0.05) is 26.1 Å². The highest BCUT2D eigenvalue weighted by Crippen LogP contribution is 2.21. The van der Waals surface area contributed by atoms with Crippen LogP contribution in [-0.4, -0.2) is 36.4 Å². The Morgan fingerprint density at radius 3 is 2.16 bits per heavy atom. The topological polar surface area (TPSA) is 78.2 Å². The summed E-state index contributed by atoms with van der Waals surface area (Å²) in [5.41, 5.74) is 2.35. The highest BCUT2D eigenvalue weighted by molar-refractivity contribution is 5.86. The van der Waals surface area contributed by atoms with Gasteiger partial charge >= 0.3 is 12.1 Å². The van der Waals surface area contributed by atoms with Gasteiger partial charge in [-0.15, -0.1) is 0 Å². The van der Waals surface area contributed by atoms with Crippen LogP contribution in [0.2, 0.25) is 0 Å². The van der Waals surface area contributed by atoms with Crippen molar-refractivity contribution in [1.82, 2.24) is 4.90 Å². The summed E-state index contributed by atoms with van der Waals surface area (Å²) >= 11 is 0. The fourth-order valence-corrected chi connectivity index (χ4v) is 4.72. The van der Waals surface area contributed by atoms with Crippen molar-refractivity contribution in [1.29, 1.82) is 0 Å². The molecule has 2 aromatic rings. The van der Waals surface area contributed by atoms with E-state index in [9.17, 15) is 9.59 Å². The monoisotopic (exact) mass is 527 g/mol. The molecule has 1 aliphatic rings. The summed E-state index contributed by atoms with van der Waals surface area (Å²) < 4.78 is 21.7. The Balaban J connectivity index is 1.24. The minimum absolute atomic E-state index is 0.0180. The first kappa shape index (κ1) is 29.6. The molecule has 1 aliphatic heterocycles. The van der Waals surface area contributed by atoms with Crippen LogP contribution in [-0.2, 0) is 22.4 Å². The van der Waals surface area contributed by atoms with Gasteiger partial charge in [-0.25, -0.2) is 9.59 Å². The van der Waals surface area contributed by atoms with Gasteiger partial charge in [0.25, 0.3) is 5.95 Å². The summed E-state index contributed by atoms with van der Waals surface area (Å²) in [5.74, 6) is -0.393. The Morgan fingerprint density at radius 2 is 1.47 bits per heavy atom. The Morgan fingerprint density at radius 1 is 0.842 bits per heavy atom. The van der Waals surface area contributed by atoms with Gasteiger partial charge in [0.1, 0.15) is 0 Å². The van der Waals surface area contributed by atoms with Crippen LogP contribution in [0.1, 0.15) is 113 Å². The molecule has 0 saturated carbocycles. The van der Waals surface area contributed by atoms with Crippen molar-refractivity contribution in [2.24, 2.45) is 0 Å². The molecule has 1 atom stereocenters. The van der Waals surface area contributed by atoms with E-state index in [2.05, 4.69) is 13.0 Å². The molecule has 1 amide bonds. The van der Waals surface area contributed by atoms with Crippen molar-refractivity contribution in [3.05, 3.63) is 53.3 Å². The first-order valence-electron chi connectivity index (χ1n) is 14.5. The van der Waals surface area contributed by atoms with Crippen LogP contribution < -0.4 is 4.74 Å². The van der Waals surface area contributed by atoms with Crippen LogP contribution in [0, 0.1) is 0 Å². The number of rotatable bonds is 17. The quantitative estimate of drug-likeness (QED) is 0.118. The van der Waals surface area contributed by atoms with E-state index >= 15 is 0 Å². The summed E-state index contributed by atoms with van der Waals surface area (Å²) in [7, 11) is 0. The van der Waals surface area contributed by atoms with Gasteiger partial charge in [0.05, 0.1) is 6.61 Å². The maximum atomic E-state index is 12.5. The first-order valence-corrected chi connectivity index (χ1v) is 14.5. The number of esters is 1. The molecular weight excluding hydrogens is 482 g/mol. The third-order valence-electron chi connectivity index (χ3n) is 6.95. The lowest BCUT2D eigenvalue weighted by atomic mass is 10.0. The number of fused-ring (bicyclic) bond motifs is 1. The normalized spacial score (nSPS) is 13.6.